The van der Waals surface area contributed by atoms with Crippen molar-refractivity contribution in [1.82, 2.24) is 0 Å². The molecule has 2 rings (SSSR count). The third kappa shape index (κ3) is 4.20. The minimum absolute atomic E-state index is 0.00412. The van der Waals surface area contributed by atoms with Crippen molar-refractivity contribution in [2.45, 2.75) is 63.6 Å². The van der Waals surface area contributed by atoms with Crippen LogP contribution < -0.4 is 0 Å². The highest BCUT2D eigenvalue weighted by molar-refractivity contribution is 5.81. The summed E-state index contributed by atoms with van der Waals surface area (Å²) in [5.74, 6) is -1.66. The summed E-state index contributed by atoms with van der Waals surface area (Å²) in [6.07, 6.45) is 0.358. The SMILES string of the molecule is O=C(CCC1CCCO1)C1CCCC(C(F)(F)F)C1. The van der Waals surface area contributed by atoms with Crippen LogP contribution in [0.25, 0.3) is 0 Å². The highest BCUT2D eigenvalue weighted by atomic mass is 19.4. The van der Waals surface area contributed by atoms with E-state index >= 15 is 0 Å². The largest absolute Gasteiger partial charge is 0.391 e. The molecule has 3 atom stereocenters. The highest BCUT2D eigenvalue weighted by Crippen LogP contribution is 2.40. The summed E-state index contributed by atoms with van der Waals surface area (Å²) in [7, 11) is 0. The van der Waals surface area contributed by atoms with Gasteiger partial charge in [0, 0.05) is 18.9 Å². The molecule has 0 N–H and O–H groups in total. The monoisotopic (exact) mass is 278 g/mol. The van der Waals surface area contributed by atoms with E-state index in [9.17, 15) is 18.0 Å². The van der Waals surface area contributed by atoms with Crippen molar-refractivity contribution >= 4 is 5.78 Å². The first-order valence-corrected chi connectivity index (χ1v) is 7.18. The molecule has 0 amide bonds. The van der Waals surface area contributed by atoms with Gasteiger partial charge in [0.2, 0.25) is 0 Å². The van der Waals surface area contributed by atoms with E-state index < -0.39 is 12.1 Å². The van der Waals surface area contributed by atoms with Crippen molar-refractivity contribution in [3.8, 4) is 0 Å². The van der Waals surface area contributed by atoms with Gasteiger partial charge in [-0.05, 0) is 38.5 Å². The van der Waals surface area contributed by atoms with E-state index in [4.69, 9.17) is 4.74 Å². The third-order valence-corrected chi connectivity index (χ3v) is 4.33. The Kier molecular flexibility index (Phi) is 4.87. The molecule has 2 nitrogen and oxygen atoms in total. The van der Waals surface area contributed by atoms with Crippen molar-refractivity contribution in [2.75, 3.05) is 6.61 Å². The zero-order valence-electron chi connectivity index (χ0n) is 11.0. The number of rotatable bonds is 4. The van der Waals surface area contributed by atoms with Gasteiger partial charge in [-0.3, -0.25) is 4.79 Å². The normalized spacial score (nSPS) is 32.5. The second kappa shape index (κ2) is 6.25. The van der Waals surface area contributed by atoms with E-state index in [1.165, 1.54) is 0 Å². The lowest BCUT2D eigenvalue weighted by molar-refractivity contribution is -0.186. The van der Waals surface area contributed by atoms with E-state index in [1.807, 2.05) is 0 Å². The minimum atomic E-state index is -4.15. The molecule has 1 aliphatic carbocycles. The molecule has 5 heteroatoms. The first-order chi connectivity index (χ1) is 8.97. The van der Waals surface area contributed by atoms with Gasteiger partial charge in [0.15, 0.2) is 0 Å². The van der Waals surface area contributed by atoms with Gasteiger partial charge in [-0.2, -0.15) is 13.2 Å². The van der Waals surface area contributed by atoms with Gasteiger partial charge in [0.1, 0.15) is 5.78 Å². The van der Waals surface area contributed by atoms with E-state index in [0.29, 0.717) is 25.7 Å². The average Bonchev–Trinajstić information content (AvgIpc) is 2.88. The van der Waals surface area contributed by atoms with Crippen LogP contribution in [-0.4, -0.2) is 24.7 Å². The molecule has 0 aromatic heterocycles. The van der Waals surface area contributed by atoms with E-state index in [0.717, 1.165) is 19.4 Å². The first kappa shape index (κ1) is 14.8. The lowest BCUT2D eigenvalue weighted by Gasteiger charge is -2.29. The number of carbonyl (C=O) groups excluding carboxylic acids is 1. The van der Waals surface area contributed by atoms with Crippen LogP contribution in [0, 0.1) is 11.8 Å². The maximum atomic E-state index is 12.7. The molecule has 3 unspecified atom stereocenters. The van der Waals surface area contributed by atoms with Gasteiger partial charge in [-0.25, -0.2) is 0 Å². The summed E-state index contributed by atoms with van der Waals surface area (Å²) in [4.78, 5) is 12.0. The van der Waals surface area contributed by atoms with Crippen molar-refractivity contribution < 1.29 is 22.7 Å². The quantitative estimate of drug-likeness (QED) is 0.780. The topological polar surface area (TPSA) is 26.3 Å². The number of ketones is 1. The maximum absolute atomic E-state index is 12.7. The number of hydrogen-bond acceptors (Lipinski definition) is 2. The molecule has 2 aliphatic rings. The van der Waals surface area contributed by atoms with Gasteiger partial charge in [0.25, 0.3) is 0 Å². The highest BCUT2D eigenvalue weighted by Gasteiger charge is 2.43. The number of halogens is 3. The number of Topliss-reactive ketones (excluding diaryl/α,β-unsaturated/α-hetero) is 1. The van der Waals surface area contributed by atoms with Gasteiger partial charge >= 0.3 is 6.18 Å². The van der Waals surface area contributed by atoms with Crippen LogP contribution in [0.2, 0.25) is 0 Å². The van der Waals surface area contributed by atoms with E-state index in [-0.39, 0.29) is 30.6 Å². The molecule has 0 spiro atoms. The number of hydrogen-bond donors (Lipinski definition) is 0. The fourth-order valence-electron chi connectivity index (χ4n) is 3.16. The second-order valence-corrected chi connectivity index (χ2v) is 5.74. The number of alkyl halides is 3. The van der Waals surface area contributed by atoms with Gasteiger partial charge in [0.05, 0.1) is 12.0 Å². The molecule has 0 radical (unpaired) electrons. The fourth-order valence-corrected chi connectivity index (χ4v) is 3.16. The van der Waals surface area contributed by atoms with Crippen LogP contribution >= 0.6 is 0 Å². The summed E-state index contributed by atoms with van der Waals surface area (Å²) in [5.41, 5.74) is 0. The Morgan fingerprint density at radius 1 is 1.16 bits per heavy atom. The molecule has 1 saturated heterocycles. The predicted molar refractivity (Wildman–Crippen MR) is 64.7 cm³/mol. The summed E-state index contributed by atoms with van der Waals surface area (Å²) in [6.45, 7) is 0.748. The molecule has 1 aliphatic heterocycles. The van der Waals surface area contributed by atoms with Gasteiger partial charge in [-0.15, -0.1) is 0 Å². The summed E-state index contributed by atoms with van der Waals surface area (Å²) in [6, 6.07) is 0. The fraction of sp³-hybridized carbons (Fsp3) is 0.929. The molecule has 0 aromatic carbocycles. The molecular weight excluding hydrogens is 257 g/mol. The maximum Gasteiger partial charge on any atom is 0.391 e. The van der Waals surface area contributed by atoms with Crippen LogP contribution in [0.3, 0.4) is 0 Å². The molecule has 110 valence electrons. The smallest absolute Gasteiger partial charge is 0.378 e. The molecule has 0 aromatic rings. The molecule has 1 heterocycles. The van der Waals surface area contributed by atoms with Gasteiger partial charge < -0.3 is 4.74 Å². The van der Waals surface area contributed by atoms with Crippen LogP contribution in [0.5, 0.6) is 0 Å². The first-order valence-electron chi connectivity index (χ1n) is 7.18. The zero-order chi connectivity index (χ0) is 13.9. The van der Waals surface area contributed by atoms with Crippen molar-refractivity contribution in [3.05, 3.63) is 0 Å². The number of carbonyl (C=O) groups is 1. The predicted octanol–water partition coefficient (Wildman–Crippen LogP) is 3.88. The van der Waals surface area contributed by atoms with Gasteiger partial charge in [-0.1, -0.05) is 6.42 Å². The Morgan fingerprint density at radius 2 is 1.95 bits per heavy atom. The Labute approximate surface area is 111 Å². The van der Waals surface area contributed by atoms with Crippen molar-refractivity contribution in [3.63, 3.8) is 0 Å². The molecule has 0 bridgehead atoms. The average molecular weight is 278 g/mol. The van der Waals surface area contributed by atoms with E-state index in [1.54, 1.807) is 0 Å². The lowest BCUT2D eigenvalue weighted by atomic mass is 9.78. The Balaban J connectivity index is 1.78. The Hall–Kier alpha value is -0.580. The van der Waals surface area contributed by atoms with Crippen LogP contribution in [-0.2, 0) is 9.53 Å². The second-order valence-electron chi connectivity index (χ2n) is 5.74. The van der Waals surface area contributed by atoms with Crippen LogP contribution in [0.15, 0.2) is 0 Å². The minimum Gasteiger partial charge on any atom is -0.378 e. The number of ether oxygens (including phenoxy) is 1. The van der Waals surface area contributed by atoms with Crippen LogP contribution in [0.1, 0.15) is 51.4 Å². The molecule has 19 heavy (non-hydrogen) atoms. The summed E-state index contributed by atoms with van der Waals surface area (Å²) >= 11 is 0. The summed E-state index contributed by atoms with van der Waals surface area (Å²) in [5, 5.41) is 0. The molecular formula is C14H21F3O2. The standard InChI is InChI=1S/C14H21F3O2/c15-14(16,17)11-4-1-3-10(9-11)13(18)7-6-12-5-2-8-19-12/h10-12H,1-9H2. The van der Waals surface area contributed by atoms with E-state index in [2.05, 4.69) is 0 Å². The molecule has 1 saturated carbocycles. The Bertz CT molecular complexity index is 308. The zero-order valence-corrected chi connectivity index (χ0v) is 11.0. The Morgan fingerprint density at radius 3 is 2.58 bits per heavy atom. The van der Waals surface area contributed by atoms with Crippen molar-refractivity contribution in [1.29, 1.82) is 0 Å². The summed E-state index contributed by atoms with van der Waals surface area (Å²) < 4.78 is 43.5. The molecule has 2 fully saturated rings. The third-order valence-electron chi connectivity index (χ3n) is 4.33. The van der Waals surface area contributed by atoms with Crippen LogP contribution in [0.4, 0.5) is 13.2 Å². The lowest BCUT2D eigenvalue weighted by Crippen LogP contribution is -2.32. The van der Waals surface area contributed by atoms with Crippen molar-refractivity contribution in [2.24, 2.45) is 11.8 Å².